The fourth-order valence-corrected chi connectivity index (χ4v) is 1.99. The third-order valence-corrected chi connectivity index (χ3v) is 2.92. The number of hydrogen-bond donors (Lipinski definition) is 1. The Morgan fingerprint density at radius 1 is 1.47 bits per heavy atom. The van der Waals surface area contributed by atoms with Crippen LogP contribution in [-0.4, -0.2) is 22.1 Å². The van der Waals surface area contributed by atoms with Gasteiger partial charge in [-0.05, 0) is 0 Å². The van der Waals surface area contributed by atoms with E-state index in [1.807, 2.05) is 6.20 Å². The summed E-state index contributed by atoms with van der Waals surface area (Å²) in [6.07, 6.45) is 1.82. The average Bonchev–Trinajstić information content (AvgIpc) is 2.79. The molecule has 2 aromatic rings. The second-order valence-corrected chi connectivity index (χ2v) is 4.60. The Morgan fingerprint density at radius 3 is 3.06 bits per heavy atom. The van der Waals surface area contributed by atoms with E-state index in [4.69, 9.17) is 16.3 Å². The number of hydrogen-bond acceptors (Lipinski definition) is 6. The predicted octanol–water partition coefficient (Wildman–Crippen LogP) is 2.34. The van der Waals surface area contributed by atoms with Gasteiger partial charge in [-0.25, -0.2) is 9.97 Å². The Bertz CT molecular complexity index is 477. The molecule has 0 aromatic carbocycles. The van der Waals surface area contributed by atoms with Crippen molar-refractivity contribution in [3.05, 3.63) is 33.6 Å². The summed E-state index contributed by atoms with van der Waals surface area (Å²) >= 11 is 7.48. The van der Waals surface area contributed by atoms with Crippen molar-refractivity contribution in [2.45, 2.75) is 13.2 Å². The molecule has 90 valence electrons. The molecule has 0 saturated carbocycles. The van der Waals surface area contributed by atoms with Gasteiger partial charge in [-0.3, -0.25) is 4.98 Å². The van der Waals surface area contributed by atoms with Crippen LogP contribution in [0.3, 0.4) is 0 Å². The van der Waals surface area contributed by atoms with E-state index in [9.17, 15) is 0 Å². The molecule has 2 heterocycles. The molecule has 7 heteroatoms. The van der Waals surface area contributed by atoms with Crippen molar-refractivity contribution in [2.24, 2.45) is 0 Å². The minimum atomic E-state index is 0.343. The Hall–Kier alpha value is -1.24. The van der Waals surface area contributed by atoms with Crippen LogP contribution in [0.25, 0.3) is 0 Å². The molecule has 2 rings (SSSR count). The highest BCUT2D eigenvalue weighted by molar-refractivity contribution is 7.09. The number of anilines is 1. The number of methoxy groups -OCH3 is 1. The second-order valence-electron chi connectivity index (χ2n) is 3.25. The maximum atomic E-state index is 5.89. The van der Waals surface area contributed by atoms with Crippen LogP contribution >= 0.6 is 22.9 Å². The third kappa shape index (κ3) is 3.62. The maximum Gasteiger partial charge on any atom is 0.158 e. The van der Waals surface area contributed by atoms with Gasteiger partial charge in [0.05, 0.1) is 12.1 Å². The van der Waals surface area contributed by atoms with Gasteiger partial charge in [-0.1, -0.05) is 11.6 Å². The molecule has 0 atom stereocenters. The van der Waals surface area contributed by atoms with Gasteiger partial charge in [0.2, 0.25) is 0 Å². The quantitative estimate of drug-likeness (QED) is 0.845. The van der Waals surface area contributed by atoms with Crippen molar-refractivity contribution in [2.75, 3.05) is 12.4 Å². The lowest BCUT2D eigenvalue weighted by atomic mass is 10.5. The van der Waals surface area contributed by atoms with Crippen LogP contribution in [0, 0.1) is 0 Å². The number of rotatable bonds is 5. The van der Waals surface area contributed by atoms with Crippen LogP contribution in [0.5, 0.6) is 0 Å². The highest BCUT2D eigenvalue weighted by atomic mass is 35.5. The van der Waals surface area contributed by atoms with Crippen LogP contribution in [0.4, 0.5) is 5.82 Å². The van der Waals surface area contributed by atoms with Crippen LogP contribution in [0.15, 0.2) is 17.8 Å². The van der Waals surface area contributed by atoms with Crippen LogP contribution in [-0.2, 0) is 17.9 Å². The monoisotopic (exact) mass is 270 g/mol. The van der Waals surface area contributed by atoms with Crippen molar-refractivity contribution >= 4 is 28.8 Å². The minimum absolute atomic E-state index is 0.343. The maximum absolute atomic E-state index is 5.89. The molecule has 0 spiro atoms. The molecule has 0 bridgehead atoms. The molecule has 5 nitrogen and oxygen atoms in total. The summed E-state index contributed by atoms with van der Waals surface area (Å²) in [6.45, 7) is 1.01. The summed E-state index contributed by atoms with van der Waals surface area (Å²) in [4.78, 5) is 13.5. The first kappa shape index (κ1) is 12.2. The number of ether oxygens (including phenoxy) is 1. The van der Waals surface area contributed by atoms with Gasteiger partial charge in [0.1, 0.15) is 17.6 Å². The Morgan fingerprint density at radius 2 is 2.35 bits per heavy atom. The zero-order valence-corrected chi connectivity index (χ0v) is 10.8. The third-order valence-electron chi connectivity index (χ3n) is 1.94. The van der Waals surface area contributed by atoms with Crippen LogP contribution in [0.2, 0.25) is 5.15 Å². The molecule has 0 fully saturated rings. The first-order valence-electron chi connectivity index (χ1n) is 4.91. The van der Waals surface area contributed by atoms with Gasteiger partial charge < -0.3 is 10.1 Å². The molecule has 2 aromatic heterocycles. The van der Waals surface area contributed by atoms with Gasteiger partial charge in [-0.15, -0.1) is 11.3 Å². The van der Waals surface area contributed by atoms with E-state index in [2.05, 4.69) is 20.3 Å². The summed E-state index contributed by atoms with van der Waals surface area (Å²) in [7, 11) is 1.59. The first-order valence-corrected chi connectivity index (χ1v) is 6.17. The summed E-state index contributed by atoms with van der Waals surface area (Å²) in [5.41, 5.74) is 1.79. The molecular formula is C10H11ClN4OS. The highest BCUT2D eigenvalue weighted by Crippen LogP contribution is 2.14. The van der Waals surface area contributed by atoms with Gasteiger partial charge >= 0.3 is 0 Å². The fraction of sp³-hybridized carbons (Fsp3) is 0.300. The van der Waals surface area contributed by atoms with E-state index in [-0.39, 0.29) is 0 Å². The Kier molecular flexibility index (Phi) is 4.24. The Labute approximate surface area is 108 Å². The lowest BCUT2D eigenvalue weighted by molar-refractivity contribution is 0.178. The number of nitrogens with one attached hydrogen (secondary N) is 1. The largest absolute Gasteiger partial charge is 0.377 e. The summed E-state index contributed by atoms with van der Waals surface area (Å²) in [6, 6.07) is 1.68. The molecular weight excluding hydrogens is 260 g/mol. The van der Waals surface area contributed by atoms with Crippen LogP contribution < -0.4 is 5.32 Å². The van der Waals surface area contributed by atoms with E-state index in [0.717, 1.165) is 4.88 Å². The number of thiazole rings is 1. The lowest BCUT2D eigenvalue weighted by Gasteiger charge is -2.06. The molecule has 0 aliphatic heterocycles. The van der Waals surface area contributed by atoms with Gasteiger partial charge in [0.15, 0.2) is 5.82 Å². The number of nitrogens with zero attached hydrogens (tertiary/aromatic N) is 3. The van der Waals surface area contributed by atoms with E-state index >= 15 is 0 Å². The summed E-state index contributed by atoms with van der Waals surface area (Å²) < 4.78 is 4.97. The molecule has 0 aliphatic rings. The van der Waals surface area contributed by atoms with Crippen molar-refractivity contribution in [1.82, 2.24) is 15.0 Å². The SMILES string of the molecule is COCc1nc(Cl)cc(NCc2cncs2)n1. The van der Waals surface area contributed by atoms with Gasteiger partial charge in [0, 0.05) is 24.3 Å². The standard InChI is InChI=1S/C10H11ClN4OS/c1-16-5-10-14-8(11)2-9(15-10)13-4-7-3-12-6-17-7/h2-3,6H,4-5H2,1H3,(H,13,14,15). The molecule has 0 unspecified atom stereocenters. The first-order chi connectivity index (χ1) is 8.28. The second kappa shape index (κ2) is 5.90. The molecule has 17 heavy (non-hydrogen) atoms. The minimum Gasteiger partial charge on any atom is -0.377 e. The van der Waals surface area contributed by atoms with Crippen molar-refractivity contribution < 1.29 is 4.74 Å². The van der Waals surface area contributed by atoms with Crippen molar-refractivity contribution in [3.8, 4) is 0 Å². The van der Waals surface area contributed by atoms with E-state index in [1.54, 1.807) is 30.0 Å². The smallest absolute Gasteiger partial charge is 0.158 e. The molecule has 0 radical (unpaired) electrons. The topological polar surface area (TPSA) is 59.9 Å². The van der Waals surface area contributed by atoms with E-state index < -0.39 is 0 Å². The van der Waals surface area contributed by atoms with Crippen molar-refractivity contribution in [1.29, 1.82) is 0 Å². The van der Waals surface area contributed by atoms with E-state index in [0.29, 0.717) is 29.9 Å². The summed E-state index contributed by atoms with van der Waals surface area (Å²) in [5, 5.41) is 3.57. The number of halogens is 1. The summed E-state index contributed by atoms with van der Waals surface area (Å²) in [5.74, 6) is 1.25. The zero-order chi connectivity index (χ0) is 12.1. The van der Waals surface area contributed by atoms with Gasteiger partial charge in [0.25, 0.3) is 0 Å². The van der Waals surface area contributed by atoms with E-state index in [1.165, 1.54) is 0 Å². The van der Waals surface area contributed by atoms with Crippen LogP contribution in [0.1, 0.15) is 10.7 Å². The lowest BCUT2D eigenvalue weighted by Crippen LogP contribution is -2.04. The fourth-order valence-electron chi connectivity index (χ4n) is 1.26. The predicted molar refractivity (Wildman–Crippen MR) is 67.2 cm³/mol. The average molecular weight is 271 g/mol. The highest BCUT2D eigenvalue weighted by Gasteiger charge is 2.03. The molecule has 0 saturated heterocycles. The molecule has 0 amide bonds. The number of aromatic nitrogens is 3. The molecule has 1 N–H and O–H groups in total. The Balaban J connectivity index is 2.04. The normalized spacial score (nSPS) is 10.5. The van der Waals surface area contributed by atoms with Crippen molar-refractivity contribution in [3.63, 3.8) is 0 Å². The zero-order valence-electron chi connectivity index (χ0n) is 9.18. The molecule has 0 aliphatic carbocycles. The van der Waals surface area contributed by atoms with Gasteiger partial charge in [-0.2, -0.15) is 0 Å².